The minimum Gasteiger partial charge on any atom is -0.426 e. The summed E-state index contributed by atoms with van der Waals surface area (Å²) in [6.07, 6.45) is 1.68. The van der Waals surface area contributed by atoms with E-state index in [9.17, 15) is 4.79 Å². The van der Waals surface area contributed by atoms with Gasteiger partial charge in [0.2, 0.25) is 0 Å². The number of amides is 1. The first kappa shape index (κ1) is 9.86. The monoisotopic (exact) mass is 219 g/mol. The summed E-state index contributed by atoms with van der Waals surface area (Å²) in [6, 6.07) is 7.74. The van der Waals surface area contributed by atoms with Gasteiger partial charge in [0.25, 0.3) is 11.1 Å². The Morgan fingerprint density at radius 1 is 1.40 bits per heavy atom. The van der Waals surface area contributed by atoms with E-state index in [1.807, 2.05) is 31.2 Å². The van der Waals surface area contributed by atoms with Crippen LogP contribution in [0.5, 0.6) is 0 Å². The van der Waals surface area contributed by atoms with Crippen molar-refractivity contribution in [3.8, 4) is 0 Å². The van der Waals surface area contributed by atoms with Crippen molar-refractivity contribution in [3.63, 3.8) is 0 Å². The van der Waals surface area contributed by atoms with E-state index in [2.05, 4.69) is 5.32 Å². The highest BCUT2D eigenvalue weighted by Crippen LogP contribution is 2.15. The molecule has 1 heterocycles. The van der Waals surface area contributed by atoms with Crippen molar-refractivity contribution >= 4 is 29.4 Å². The Bertz CT molecular complexity index is 465. The molecule has 15 heavy (non-hydrogen) atoms. The molecule has 0 bridgehead atoms. The van der Waals surface area contributed by atoms with Gasteiger partial charge < -0.3 is 4.74 Å². The van der Waals surface area contributed by atoms with Crippen LogP contribution in [-0.4, -0.2) is 11.1 Å². The summed E-state index contributed by atoms with van der Waals surface area (Å²) < 4.78 is 5.06. The molecule has 76 valence electrons. The Morgan fingerprint density at radius 3 is 2.73 bits per heavy atom. The van der Waals surface area contributed by atoms with E-state index in [0.717, 1.165) is 11.1 Å². The van der Waals surface area contributed by atoms with Crippen molar-refractivity contribution in [2.45, 2.75) is 6.92 Å². The van der Waals surface area contributed by atoms with Gasteiger partial charge in [-0.1, -0.05) is 24.3 Å². The van der Waals surface area contributed by atoms with Gasteiger partial charge >= 0.3 is 0 Å². The summed E-state index contributed by atoms with van der Waals surface area (Å²) in [7, 11) is 0. The molecule has 1 aromatic rings. The lowest BCUT2D eigenvalue weighted by atomic mass is 10.1. The summed E-state index contributed by atoms with van der Waals surface area (Å²) in [6.45, 7) is 1.97. The Kier molecular flexibility index (Phi) is 2.51. The van der Waals surface area contributed by atoms with Gasteiger partial charge in [-0.25, -0.2) is 0 Å². The van der Waals surface area contributed by atoms with Crippen molar-refractivity contribution in [2.75, 3.05) is 0 Å². The second-order valence-corrected chi connectivity index (χ2v) is 3.58. The average molecular weight is 219 g/mol. The number of ether oxygens (including phenoxy) is 1. The highest BCUT2D eigenvalue weighted by Gasteiger charge is 2.22. The Labute approximate surface area is 92.7 Å². The van der Waals surface area contributed by atoms with E-state index in [1.54, 1.807) is 6.08 Å². The van der Waals surface area contributed by atoms with Crippen molar-refractivity contribution in [3.05, 3.63) is 41.2 Å². The number of aryl methyl sites for hydroxylation is 1. The molecule has 0 unspecified atom stereocenters. The number of benzene rings is 1. The molecule has 0 spiro atoms. The van der Waals surface area contributed by atoms with Crippen molar-refractivity contribution in [2.24, 2.45) is 0 Å². The summed E-state index contributed by atoms with van der Waals surface area (Å²) in [4.78, 5) is 11.3. The number of nitrogens with one attached hydrogen (secondary N) is 1. The number of hydrogen-bond acceptors (Lipinski definition) is 3. The van der Waals surface area contributed by atoms with Crippen LogP contribution in [0.15, 0.2) is 30.0 Å². The summed E-state index contributed by atoms with van der Waals surface area (Å²) >= 11 is 4.73. The summed E-state index contributed by atoms with van der Waals surface area (Å²) in [5.41, 5.74) is 2.03. The zero-order chi connectivity index (χ0) is 10.8. The molecule has 4 heteroatoms. The first-order valence-corrected chi connectivity index (χ1v) is 4.88. The maximum absolute atomic E-state index is 11.3. The van der Waals surface area contributed by atoms with Crippen LogP contribution in [0.2, 0.25) is 0 Å². The number of carbonyl (C=O) groups is 1. The highest BCUT2D eigenvalue weighted by atomic mass is 32.1. The predicted molar refractivity (Wildman–Crippen MR) is 61.0 cm³/mol. The summed E-state index contributed by atoms with van der Waals surface area (Å²) in [5, 5.41) is 2.52. The number of rotatable bonds is 1. The lowest BCUT2D eigenvalue weighted by Crippen LogP contribution is -2.18. The summed E-state index contributed by atoms with van der Waals surface area (Å²) in [5.74, 6) is -0.0439. The molecule has 1 saturated heterocycles. The minimum atomic E-state index is -0.289. The molecule has 1 N–H and O–H groups in total. The van der Waals surface area contributed by atoms with Gasteiger partial charge in [0.1, 0.15) is 0 Å². The number of hydrogen-bond donors (Lipinski definition) is 1. The van der Waals surface area contributed by atoms with Gasteiger partial charge in [-0.15, -0.1) is 0 Å². The van der Waals surface area contributed by atoms with Gasteiger partial charge in [0.05, 0.1) is 0 Å². The molecule has 0 aromatic heterocycles. The first-order valence-electron chi connectivity index (χ1n) is 4.47. The molecule has 1 fully saturated rings. The van der Waals surface area contributed by atoms with Gasteiger partial charge in [-0.05, 0) is 36.3 Å². The second-order valence-electron chi connectivity index (χ2n) is 3.21. The molecular formula is C11H9NO2S. The number of carbonyl (C=O) groups excluding carboxylic acids is 1. The molecule has 1 aromatic carbocycles. The van der Waals surface area contributed by atoms with Crippen LogP contribution >= 0.6 is 12.2 Å². The van der Waals surface area contributed by atoms with Gasteiger partial charge in [-0.2, -0.15) is 0 Å². The molecule has 1 aliphatic rings. The van der Waals surface area contributed by atoms with E-state index in [-0.39, 0.29) is 16.8 Å². The maximum Gasteiger partial charge on any atom is 0.294 e. The quantitative estimate of drug-likeness (QED) is 0.578. The van der Waals surface area contributed by atoms with Crippen LogP contribution in [-0.2, 0) is 9.53 Å². The van der Waals surface area contributed by atoms with E-state index >= 15 is 0 Å². The van der Waals surface area contributed by atoms with Gasteiger partial charge in [0, 0.05) is 0 Å². The third-order valence-electron chi connectivity index (χ3n) is 2.12. The lowest BCUT2D eigenvalue weighted by Gasteiger charge is -1.99. The highest BCUT2D eigenvalue weighted by molar-refractivity contribution is 7.80. The molecule has 3 nitrogen and oxygen atoms in total. The molecule has 0 radical (unpaired) electrons. The molecule has 2 rings (SSSR count). The third-order valence-corrected chi connectivity index (χ3v) is 2.30. The molecule has 0 atom stereocenters. The molecule has 0 saturated carbocycles. The van der Waals surface area contributed by atoms with Crippen LogP contribution < -0.4 is 5.32 Å². The van der Waals surface area contributed by atoms with Gasteiger partial charge in [-0.3, -0.25) is 10.1 Å². The normalized spacial score (nSPS) is 17.8. The predicted octanol–water partition coefficient (Wildman–Crippen LogP) is 1.77. The third kappa shape index (κ3) is 2.05. The van der Waals surface area contributed by atoms with Crippen molar-refractivity contribution in [1.82, 2.24) is 5.32 Å². The topological polar surface area (TPSA) is 38.3 Å². The molecule has 1 aliphatic heterocycles. The smallest absolute Gasteiger partial charge is 0.294 e. The van der Waals surface area contributed by atoms with Crippen LogP contribution in [0.4, 0.5) is 0 Å². The first-order chi connectivity index (χ1) is 7.16. The number of thiocarbonyl (C=S) groups is 1. The van der Waals surface area contributed by atoms with Crippen LogP contribution in [0, 0.1) is 6.92 Å². The molecule has 1 amide bonds. The van der Waals surface area contributed by atoms with Crippen LogP contribution in [0.1, 0.15) is 11.1 Å². The maximum atomic E-state index is 11.3. The van der Waals surface area contributed by atoms with Crippen LogP contribution in [0.3, 0.4) is 0 Å². The average Bonchev–Trinajstić information content (AvgIpc) is 2.49. The van der Waals surface area contributed by atoms with Crippen LogP contribution in [0.25, 0.3) is 6.08 Å². The van der Waals surface area contributed by atoms with Gasteiger partial charge in [0.15, 0.2) is 5.76 Å². The Hall–Kier alpha value is -1.68. The van der Waals surface area contributed by atoms with E-state index in [4.69, 9.17) is 17.0 Å². The zero-order valence-electron chi connectivity index (χ0n) is 8.11. The second kappa shape index (κ2) is 3.82. The fourth-order valence-corrected chi connectivity index (χ4v) is 1.49. The van der Waals surface area contributed by atoms with Crippen molar-refractivity contribution < 1.29 is 9.53 Å². The van der Waals surface area contributed by atoms with E-state index in [1.165, 1.54) is 0 Å². The van der Waals surface area contributed by atoms with Crippen molar-refractivity contribution in [1.29, 1.82) is 0 Å². The fourth-order valence-electron chi connectivity index (χ4n) is 1.31. The SMILES string of the molecule is Cc1ccccc1C=C1OC(=S)NC1=O. The molecule has 0 aliphatic carbocycles. The lowest BCUT2D eigenvalue weighted by molar-refractivity contribution is -0.116. The largest absolute Gasteiger partial charge is 0.426 e. The Balaban J connectivity index is 2.35. The van der Waals surface area contributed by atoms with E-state index in [0.29, 0.717) is 0 Å². The Morgan fingerprint density at radius 2 is 2.13 bits per heavy atom. The van der Waals surface area contributed by atoms with E-state index < -0.39 is 0 Å². The standard InChI is InChI=1S/C11H9NO2S/c1-7-4-2-3-5-8(7)6-9-10(13)12-11(15)14-9/h2-6H,1H3,(H,12,13,15). The fraction of sp³-hybridized carbons (Fsp3) is 0.0909. The minimum absolute atomic E-state index is 0.111. The molecular weight excluding hydrogens is 210 g/mol. The zero-order valence-corrected chi connectivity index (χ0v) is 8.93.